The van der Waals surface area contributed by atoms with Crippen molar-refractivity contribution < 1.29 is 9.47 Å². The average molecular weight is 266 g/mol. The highest BCUT2D eigenvalue weighted by Gasteiger charge is 2.19. The van der Waals surface area contributed by atoms with E-state index < -0.39 is 0 Å². The minimum atomic E-state index is -0.224. The largest absolute Gasteiger partial charge is 0.354 e. The van der Waals surface area contributed by atoms with Crippen molar-refractivity contribution in [3.05, 3.63) is 35.9 Å². The van der Waals surface area contributed by atoms with Crippen LogP contribution in [0.2, 0.25) is 0 Å². The molecule has 1 aromatic carbocycles. The zero-order valence-corrected chi connectivity index (χ0v) is 12.6. The van der Waals surface area contributed by atoms with Crippen LogP contribution in [0.4, 0.5) is 0 Å². The van der Waals surface area contributed by atoms with Crippen molar-refractivity contribution in [1.29, 1.82) is 0 Å². The molecular weight excluding hydrogens is 240 g/mol. The molecule has 0 spiro atoms. The minimum Gasteiger partial charge on any atom is -0.354 e. The summed E-state index contributed by atoms with van der Waals surface area (Å²) >= 11 is 0. The number of nitrogens with one attached hydrogen (secondary N) is 1. The molecule has 0 radical (unpaired) electrons. The molecule has 4 nitrogen and oxygen atoms in total. The van der Waals surface area contributed by atoms with Gasteiger partial charge >= 0.3 is 0 Å². The Morgan fingerprint density at radius 3 is 2.16 bits per heavy atom. The second-order valence-electron chi connectivity index (χ2n) is 4.93. The van der Waals surface area contributed by atoms with E-state index in [4.69, 9.17) is 9.47 Å². The predicted octanol–water partition coefficient (Wildman–Crippen LogP) is 1.89. The molecule has 2 atom stereocenters. The van der Waals surface area contributed by atoms with Crippen LogP contribution in [0.3, 0.4) is 0 Å². The second kappa shape index (κ2) is 8.27. The normalized spacial score (nSPS) is 14.9. The van der Waals surface area contributed by atoms with Crippen molar-refractivity contribution in [2.24, 2.45) is 0 Å². The summed E-state index contributed by atoms with van der Waals surface area (Å²) in [7, 11) is 7.50. The van der Waals surface area contributed by atoms with Crippen LogP contribution in [0.15, 0.2) is 30.3 Å². The molecular formula is C15H26N2O2. The Bertz CT molecular complexity index is 339. The fourth-order valence-electron chi connectivity index (χ4n) is 2.17. The van der Waals surface area contributed by atoms with Crippen LogP contribution in [0.25, 0.3) is 0 Å². The summed E-state index contributed by atoms with van der Waals surface area (Å²) in [5, 5.41) is 3.47. The van der Waals surface area contributed by atoms with Gasteiger partial charge in [-0.05, 0) is 26.6 Å². The van der Waals surface area contributed by atoms with Crippen LogP contribution < -0.4 is 5.32 Å². The SMILES string of the molecule is COC(OC)C(C)NCC(c1ccccc1)N(C)C. The Morgan fingerprint density at radius 1 is 1.11 bits per heavy atom. The number of nitrogens with zero attached hydrogens (tertiary/aromatic N) is 1. The Hall–Kier alpha value is -0.940. The minimum absolute atomic E-state index is 0.140. The maximum atomic E-state index is 5.26. The third kappa shape index (κ3) is 4.91. The van der Waals surface area contributed by atoms with E-state index in [-0.39, 0.29) is 12.3 Å². The van der Waals surface area contributed by atoms with Crippen molar-refractivity contribution in [2.75, 3.05) is 34.9 Å². The van der Waals surface area contributed by atoms with Crippen LogP contribution in [0, 0.1) is 0 Å². The first-order chi connectivity index (χ1) is 9.10. The van der Waals surface area contributed by atoms with E-state index in [1.807, 2.05) is 6.07 Å². The number of methoxy groups -OCH3 is 2. The number of likely N-dealkylation sites (N-methyl/N-ethyl adjacent to an activating group) is 1. The lowest BCUT2D eigenvalue weighted by Gasteiger charge is -2.29. The van der Waals surface area contributed by atoms with Crippen LogP contribution in [-0.2, 0) is 9.47 Å². The fourth-order valence-corrected chi connectivity index (χ4v) is 2.17. The van der Waals surface area contributed by atoms with Gasteiger partial charge in [0.15, 0.2) is 6.29 Å². The average Bonchev–Trinajstić information content (AvgIpc) is 2.41. The Kier molecular flexibility index (Phi) is 7.02. The van der Waals surface area contributed by atoms with Gasteiger partial charge in [0.25, 0.3) is 0 Å². The molecule has 0 saturated heterocycles. The Labute approximate surface area is 116 Å². The summed E-state index contributed by atoms with van der Waals surface area (Å²) in [6.07, 6.45) is -0.224. The maximum Gasteiger partial charge on any atom is 0.171 e. The number of hydrogen-bond acceptors (Lipinski definition) is 4. The first-order valence-electron chi connectivity index (χ1n) is 6.60. The standard InChI is InChI=1S/C15H26N2O2/c1-12(15(18-4)19-5)16-11-14(17(2)3)13-9-7-6-8-10-13/h6-10,12,14-16H,11H2,1-5H3. The molecule has 1 aromatic rings. The summed E-state index contributed by atoms with van der Waals surface area (Å²) in [6.45, 7) is 2.91. The molecule has 1 rings (SSSR count). The van der Waals surface area contributed by atoms with Crippen molar-refractivity contribution in [3.63, 3.8) is 0 Å². The molecule has 0 aliphatic rings. The molecule has 0 fully saturated rings. The summed E-state index contributed by atoms with van der Waals surface area (Å²) < 4.78 is 10.5. The van der Waals surface area contributed by atoms with Crippen molar-refractivity contribution in [3.8, 4) is 0 Å². The molecule has 0 amide bonds. The number of rotatable bonds is 8. The molecule has 108 valence electrons. The Balaban J connectivity index is 2.61. The molecule has 0 bridgehead atoms. The number of benzene rings is 1. The van der Waals surface area contributed by atoms with E-state index in [1.54, 1.807) is 14.2 Å². The highest BCUT2D eigenvalue weighted by molar-refractivity contribution is 5.19. The molecule has 19 heavy (non-hydrogen) atoms. The van der Waals surface area contributed by atoms with E-state index in [0.29, 0.717) is 6.04 Å². The van der Waals surface area contributed by atoms with Crippen LogP contribution in [-0.4, -0.2) is 52.1 Å². The van der Waals surface area contributed by atoms with E-state index in [0.717, 1.165) is 6.54 Å². The van der Waals surface area contributed by atoms with E-state index >= 15 is 0 Å². The second-order valence-corrected chi connectivity index (χ2v) is 4.93. The smallest absolute Gasteiger partial charge is 0.171 e. The number of hydrogen-bond donors (Lipinski definition) is 1. The Morgan fingerprint density at radius 2 is 1.68 bits per heavy atom. The number of ether oxygens (including phenoxy) is 2. The first kappa shape index (κ1) is 16.1. The van der Waals surface area contributed by atoms with Crippen molar-refractivity contribution in [2.45, 2.75) is 25.3 Å². The van der Waals surface area contributed by atoms with E-state index in [2.05, 4.69) is 55.5 Å². The van der Waals surface area contributed by atoms with Gasteiger partial charge < -0.3 is 19.7 Å². The fraction of sp³-hybridized carbons (Fsp3) is 0.600. The van der Waals surface area contributed by atoms with Gasteiger partial charge in [0, 0.05) is 26.8 Å². The molecule has 2 unspecified atom stereocenters. The van der Waals surface area contributed by atoms with Gasteiger partial charge in [-0.25, -0.2) is 0 Å². The van der Waals surface area contributed by atoms with Gasteiger partial charge in [-0.3, -0.25) is 0 Å². The molecule has 0 saturated carbocycles. The van der Waals surface area contributed by atoms with Crippen molar-refractivity contribution >= 4 is 0 Å². The molecule has 0 aliphatic heterocycles. The van der Waals surface area contributed by atoms with Crippen LogP contribution >= 0.6 is 0 Å². The molecule has 0 heterocycles. The lowest BCUT2D eigenvalue weighted by Crippen LogP contribution is -2.43. The summed E-state index contributed by atoms with van der Waals surface area (Å²) in [4.78, 5) is 2.21. The zero-order valence-electron chi connectivity index (χ0n) is 12.6. The van der Waals surface area contributed by atoms with E-state index in [1.165, 1.54) is 5.56 Å². The van der Waals surface area contributed by atoms with Gasteiger partial charge in [0.1, 0.15) is 0 Å². The van der Waals surface area contributed by atoms with Gasteiger partial charge in [-0.15, -0.1) is 0 Å². The van der Waals surface area contributed by atoms with Gasteiger partial charge in [0.05, 0.1) is 6.04 Å². The highest BCUT2D eigenvalue weighted by Crippen LogP contribution is 2.17. The van der Waals surface area contributed by atoms with Gasteiger partial charge in [0.2, 0.25) is 0 Å². The van der Waals surface area contributed by atoms with E-state index in [9.17, 15) is 0 Å². The highest BCUT2D eigenvalue weighted by atomic mass is 16.7. The third-order valence-electron chi connectivity index (χ3n) is 3.31. The first-order valence-corrected chi connectivity index (χ1v) is 6.60. The van der Waals surface area contributed by atoms with Gasteiger partial charge in [-0.2, -0.15) is 0 Å². The predicted molar refractivity (Wildman–Crippen MR) is 78.1 cm³/mol. The maximum absolute atomic E-state index is 5.26. The molecule has 4 heteroatoms. The summed E-state index contributed by atoms with van der Waals surface area (Å²) in [5.74, 6) is 0. The quantitative estimate of drug-likeness (QED) is 0.729. The topological polar surface area (TPSA) is 33.7 Å². The third-order valence-corrected chi connectivity index (χ3v) is 3.31. The monoisotopic (exact) mass is 266 g/mol. The summed E-state index contributed by atoms with van der Waals surface area (Å²) in [6, 6.07) is 11.0. The van der Waals surface area contributed by atoms with Gasteiger partial charge in [-0.1, -0.05) is 30.3 Å². The summed E-state index contributed by atoms with van der Waals surface area (Å²) in [5.41, 5.74) is 1.30. The van der Waals surface area contributed by atoms with Crippen molar-refractivity contribution in [1.82, 2.24) is 10.2 Å². The molecule has 0 aliphatic carbocycles. The van der Waals surface area contributed by atoms with Crippen LogP contribution in [0.1, 0.15) is 18.5 Å². The lowest BCUT2D eigenvalue weighted by molar-refractivity contribution is -0.119. The van der Waals surface area contributed by atoms with Crippen LogP contribution in [0.5, 0.6) is 0 Å². The lowest BCUT2D eigenvalue weighted by atomic mass is 10.1. The zero-order chi connectivity index (χ0) is 14.3. The molecule has 1 N–H and O–H groups in total. The molecule has 0 aromatic heterocycles.